The molecule has 156 valence electrons. The fraction of sp³-hybridized carbons (Fsp3) is 0.368. The maximum atomic E-state index is 13.4. The SMILES string of the molecule is Cc1ccc(NS(=O)(=O)c2cccc3c2OC(F)(F)O3)cc1N1CCN(C)CC1. The molecule has 0 bridgehead atoms. The minimum atomic E-state index is -4.17. The number of alkyl halides is 2. The molecule has 0 spiro atoms. The molecule has 0 atom stereocenters. The van der Waals surface area contributed by atoms with Gasteiger partial charge >= 0.3 is 6.29 Å². The molecule has 0 radical (unpaired) electrons. The van der Waals surface area contributed by atoms with Crippen LogP contribution in [0.5, 0.6) is 11.5 Å². The lowest BCUT2D eigenvalue weighted by atomic mass is 10.1. The van der Waals surface area contributed by atoms with Crippen molar-refractivity contribution < 1.29 is 26.7 Å². The third-order valence-corrected chi connectivity index (χ3v) is 6.39. The van der Waals surface area contributed by atoms with Gasteiger partial charge in [-0.15, -0.1) is 8.78 Å². The largest absolute Gasteiger partial charge is 0.586 e. The standard InChI is InChI=1S/C19H21F2N3O4S/c1-13-6-7-14(12-15(13)24-10-8-23(2)9-11-24)22-29(25,26)17-5-3-4-16-18(17)28-19(20,21)27-16/h3-7,12,22H,8-11H2,1-2H3. The summed E-state index contributed by atoms with van der Waals surface area (Å²) in [6.45, 7) is 5.46. The Morgan fingerprint density at radius 2 is 1.79 bits per heavy atom. The molecule has 1 saturated heterocycles. The van der Waals surface area contributed by atoms with Gasteiger partial charge in [-0.3, -0.25) is 4.72 Å². The number of hydrogen-bond donors (Lipinski definition) is 1. The van der Waals surface area contributed by atoms with Gasteiger partial charge in [-0.2, -0.15) is 0 Å². The molecule has 29 heavy (non-hydrogen) atoms. The van der Waals surface area contributed by atoms with Crippen LogP contribution in [0.4, 0.5) is 20.2 Å². The van der Waals surface area contributed by atoms with Gasteiger partial charge in [-0.25, -0.2) is 8.42 Å². The van der Waals surface area contributed by atoms with E-state index in [1.54, 1.807) is 12.1 Å². The van der Waals surface area contributed by atoms with Gasteiger partial charge in [0.15, 0.2) is 11.5 Å². The number of piperazine rings is 1. The molecule has 0 unspecified atom stereocenters. The van der Waals surface area contributed by atoms with E-state index >= 15 is 0 Å². The zero-order chi connectivity index (χ0) is 20.8. The van der Waals surface area contributed by atoms with Crippen LogP contribution in [0.1, 0.15) is 5.56 Å². The molecule has 0 amide bonds. The second-order valence-corrected chi connectivity index (χ2v) is 8.80. The van der Waals surface area contributed by atoms with Crippen molar-refractivity contribution in [1.82, 2.24) is 4.90 Å². The van der Waals surface area contributed by atoms with Crippen LogP contribution in [0.25, 0.3) is 0 Å². The van der Waals surface area contributed by atoms with Crippen molar-refractivity contribution in [3.05, 3.63) is 42.0 Å². The number of halogens is 2. The highest BCUT2D eigenvalue weighted by molar-refractivity contribution is 7.92. The molecule has 0 aromatic heterocycles. The van der Waals surface area contributed by atoms with Crippen LogP contribution in [0.3, 0.4) is 0 Å². The molecule has 0 saturated carbocycles. The third-order valence-electron chi connectivity index (χ3n) is 4.99. The normalized spacial score (nSPS) is 18.7. The second kappa shape index (κ2) is 7.03. The van der Waals surface area contributed by atoms with Crippen LogP contribution in [0.15, 0.2) is 41.3 Å². The molecule has 2 aromatic rings. The molecule has 10 heteroatoms. The Morgan fingerprint density at radius 3 is 2.52 bits per heavy atom. The number of aryl methyl sites for hydroxylation is 1. The maximum absolute atomic E-state index is 13.4. The van der Waals surface area contributed by atoms with Gasteiger partial charge in [-0.05, 0) is 43.8 Å². The Bertz CT molecular complexity index is 1040. The number of fused-ring (bicyclic) bond motifs is 1. The zero-order valence-corrected chi connectivity index (χ0v) is 16.8. The van der Waals surface area contributed by atoms with Crippen LogP contribution in [0.2, 0.25) is 0 Å². The van der Waals surface area contributed by atoms with Gasteiger partial charge in [-0.1, -0.05) is 12.1 Å². The van der Waals surface area contributed by atoms with Crippen LogP contribution >= 0.6 is 0 Å². The highest BCUT2D eigenvalue weighted by Gasteiger charge is 2.46. The third kappa shape index (κ3) is 3.95. The number of anilines is 2. The lowest BCUT2D eigenvalue weighted by molar-refractivity contribution is -0.287. The summed E-state index contributed by atoms with van der Waals surface area (Å²) in [5.74, 6) is -0.823. The molecule has 0 aliphatic carbocycles. The zero-order valence-electron chi connectivity index (χ0n) is 16.0. The average Bonchev–Trinajstić information content (AvgIpc) is 2.97. The van der Waals surface area contributed by atoms with E-state index < -0.39 is 27.0 Å². The second-order valence-electron chi connectivity index (χ2n) is 7.15. The molecule has 2 heterocycles. The number of rotatable bonds is 4. The van der Waals surface area contributed by atoms with Crippen LogP contribution in [-0.4, -0.2) is 52.8 Å². The summed E-state index contributed by atoms with van der Waals surface area (Å²) < 4.78 is 63.8. The van der Waals surface area contributed by atoms with E-state index in [-0.39, 0.29) is 5.75 Å². The molecule has 1 N–H and O–H groups in total. The smallest absolute Gasteiger partial charge is 0.395 e. The van der Waals surface area contributed by atoms with Crippen molar-refractivity contribution in [3.8, 4) is 11.5 Å². The van der Waals surface area contributed by atoms with E-state index in [1.165, 1.54) is 18.2 Å². The summed E-state index contributed by atoms with van der Waals surface area (Å²) >= 11 is 0. The Kier molecular flexibility index (Phi) is 4.78. The van der Waals surface area contributed by atoms with Crippen molar-refractivity contribution in [2.24, 2.45) is 0 Å². The molecule has 7 nitrogen and oxygen atoms in total. The number of para-hydroxylation sites is 1. The number of benzene rings is 2. The fourth-order valence-electron chi connectivity index (χ4n) is 3.43. The molecule has 2 aromatic carbocycles. The van der Waals surface area contributed by atoms with Gasteiger partial charge in [0.05, 0.1) is 5.69 Å². The molecular formula is C19H21F2N3O4S. The predicted molar refractivity (Wildman–Crippen MR) is 104 cm³/mol. The van der Waals surface area contributed by atoms with Gasteiger partial charge in [0.2, 0.25) is 0 Å². The number of likely N-dealkylation sites (N-methyl/N-ethyl adjacent to an activating group) is 1. The molecular weight excluding hydrogens is 404 g/mol. The minimum absolute atomic E-state index is 0.320. The van der Waals surface area contributed by atoms with Crippen molar-refractivity contribution in [2.75, 3.05) is 42.8 Å². The highest BCUT2D eigenvalue weighted by Crippen LogP contribution is 2.45. The molecule has 4 rings (SSSR count). The van der Waals surface area contributed by atoms with E-state index in [1.807, 2.05) is 13.0 Å². The van der Waals surface area contributed by atoms with E-state index in [0.717, 1.165) is 37.4 Å². The predicted octanol–water partition coefficient (Wildman–Crippen LogP) is 2.87. The summed E-state index contributed by atoms with van der Waals surface area (Å²) in [6.07, 6.45) is -3.90. The summed E-state index contributed by atoms with van der Waals surface area (Å²) in [5.41, 5.74) is 2.30. The monoisotopic (exact) mass is 425 g/mol. The minimum Gasteiger partial charge on any atom is -0.395 e. The van der Waals surface area contributed by atoms with Crippen molar-refractivity contribution in [1.29, 1.82) is 0 Å². The van der Waals surface area contributed by atoms with Crippen molar-refractivity contribution >= 4 is 21.4 Å². The Morgan fingerprint density at radius 1 is 1.07 bits per heavy atom. The first kappa shape index (κ1) is 19.7. The van der Waals surface area contributed by atoms with Crippen LogP contribution in [0, 0.1) is 6.92 Å². The first-order chi connectivity index (χ1) is 13.6. The van der Waals surface area contributed by atoms with Crippen LogP contribution < -0.4 is 19.1 Å². The number of nitrogens with zero attached hydrogens (tertiary/aromatic N) is 2. The quantitative estimate of drug-likeness (QED) is 0.812. The highest BCUT2D eigenvalue weighted by atomic mass is 32.2. The van der Waals surface area contributed by atoms with Gasteiger partial charge in [0, 0.05) is 31.9 Å². The van der Waals surface area contributed by atoms with Crippen LogP contribution in [-0.2, 0) is 10.0 Å². The number of hydrogen-bond acceptors (Lipinski definition) is 6. The maximum Gasteiger partial charge on any atom is 0.586 e. The number of sulfonamides is 1. The van der Waals surface area contributed by atoms with E-state index in [0.29, 0.717) is 5.69 Å². The van der Waals surface area contributed by atoms with E-state index in [9.17, 15) is 17.2 Å². The van der Waals surface area contributed by atoms with Gasteiger partial charge in [0.1, 0.15) is 4.90 Å². The molecule has 2 aliphatic heterocycles. The summed E-state index contributed by atoms with van der Waals surface area (Å²) in [6, 6.07) is 8.97. The summed E-state index contributed by atoms with van der Waals surface area (Å²) in [4.78, 5) is 4.02. The first-order valence-corrected chi connectivity index (χ1v) is 10.6. The fourth-order valence-corrected chi connectivity index (χ4v) is 4.62. The van der Waals surface area contributed by atoms with Gasteiger partial charge < -0.3 is 19.3 Å². The van der Waals surface area contributed by atoms with E-state index in [2.05, 4.69) is 31.0 Å². The first-order valence-electron chi connectivity index (χ1n) is 9.10. The lowest BCUT2D eigenvalue weighted by Gasteiger charge is -2.35. The molecule has 2 aliphatic rings. The average molecular weight is 425 g/mol. The lowest BCUT2D eigenvalue weighted by Crippen LogP contribution is -2.44. The number of ether oxygens (including phenoxy) is 2. The Balaban J connectivity index is 1.62. The van der Waals surface area contributed by atoms with Crippen molar-refractivity contribution in [2.45, 2.75) is 18.1 Å². The molecule has 1 fully saturated rings. The van der Waals surface area contributed by atoms with E-state index in [4.69, 9.17) is 0 Å². The van der Waals surface area contributed by atoms with Gasteiger partial charge in [0.25, 0.3) is 10.0 Å². The topological polar surface area (TPSA) is 71.1 Å². The summed E-state index contributed by atoms with van der Waals surface area (Å²) in [5, 5.41) is 0. The number of nitrogens with one attached hydrogen (secondary N) is 1. The summed E-state index contributed by atoms with van der Waals surface area (Å²) in [7, 11) is -2.12. The Hall–Kier alpha value is -2.59. The Labute approximate surface area is 167 Å². The van der Waals surface area contributed by atoms with Crippen molar-refractivity contribution in [3.63, 3.8) is 0 Å².